The molecule has 3 rings (SSSR count). The lowest BCUT2D eigenvalue weighted by Crippen LogP contribution is -2.50. The van der Waals surface area contributed by atoms with E-state index in [0.29, 0.717) is 21.0 Å². The maximum Gasteiger partial charge on any atom is 0.417 e. The van der Waals surface area contributed by atoms with Gasteiger partial charge in [-0.25, -0.2) is 8.42 Å². The van der Waals surface area contributed by atoms with Crippen LogP contribution in [0.25, 0.3) is 0 Å². The summed E-state index contributed by atoms with van der Waals surface area (Å²) in [4.78, 5) is 27.1. The summed E-state index contributed by atoms with van der Waals surface area (Å²) in [6.07, 6.45) is -4.90. The van der Waals surface area contributed by atoms with Crippen molar-refractivity contribution in [2.24, 2.45) is 0 Å². The van der Waals surface area contributed by atoms with Gasteiger partial charge >= 0.3 is 6.18 Å². The summed E-state index contributed by atoms with van der Waals surface area (Å²) in [5.41, 5.74) is -0.591. The number of carbonyl (C=O) groups is 2. The molecule has 14 heteroatoms. The topological polar surface area (TPSA) is 86.8 Å². The number of hydrogen-bond donors (Lipinski definition) is 1. The highest BCUT2D eigenvalue weighted by Crippen LogP contribution is 2.38. The molecule has 0 bridgehead atoms. The van der Waals surface area contributed by atoms with Crippen molar-refractivity contribution in [3.8, 4) is 0 Å². The molecule has 0 saturated carbocycles. The zero-order chi connectivity index (χ0) is 30.7. The van der Waals surface area contributed by atoms with Crippen LogP contribution in [0.2, 0.25) is 15.1 Å². The number of anilines is 1. The fraction of sp³-hybridized carbons (Fsp3) is 0.259. The Morgan fingerprint density at radius 1 is 0.951 bits per heavy atom. The molecule has 7 nitrogen and oxygen atoms in total. The molecule has 0 fully saturated rings. The van der Waals surface area contributed by atoms with E-state index in [9.17, 15) is 31.2 Å². The molecule has 0 unspecified atom stereocenters. The van der Waals surface area contributed by atoms with E-state index in [0.717, 1.165) is 22.6 Å². The van der Waals surface area contributed by atoms with Crippen LogP contribution >= 0.6 is 34.8 Å². The first-order chi connectivity index (χ1) is 19.1. The molecule has 0 radical (unpaired) electrons. The highest BCUT2D eigenvalue weighted by Gasteiger charge is 2.37. The second kappa shape index (κ2) is 12.9. The smallest absolute Gasteiger partial charge is 0.357 e. The Hall–Kier alpha value is -2.99. The predicted molar refractivity (Wildman–Crippen MR) is 153 cm³/mol. The Morgan fingerprint density at radius 3 is 2.15 bits per heavy atom. The van der Waals surface area contributed by atoms with Crippen LogP contribution in [0.15, 0.2) is 65.6 Å². The van der Waals surface area contributed by atoms with Crippen LogP contribution in [0.1, 0.15) is 23.6 Å². The summed E-state index contributed by atoms with van der Waals surface area (Å²) in [6, 6.07) is 11.5. The maximum absolute atomic E-state index is 13.8. The molecule has 41 heavy (non-hydrogen) atoms. The fourth-order valence-corrected chi connectivity index (χ4v) is 5.98. The molecule has 3 aromatic rings. The van der Waals surface area contributed by atoms with Crippen LogP contribution < -0.4 is 9.62 Å². The second-order valence-electron chi connectivity index (χ2n) is 9.03. The second-order valence-corrected chi connectivity index (χ2v) is 12.1. The minimum atomic E-state index is -4.90. The van der Waals surface area contributed by atoms with Crippen molar-refractivity contribution >= 4 is 62.3 Å². The third-order valence-corrected chi connectivity index (χ3v) is 8.91. The molecule has 0 saturated heterocycles. The average Bonchev–Trinajstić information content (AvgIpc) is 2.90. The first-order valence-electron chi connectivity index (χ1n) is 12.0. The SMILES string of the molecule is CNC(=O)[C@@H](C)N(Cc1ccc(Cl)cc1Cl)C(=O)CN(c1ccc(Cl)c(C(F)(F)F)c1)S(=O)(=O)c1ccc(C)cc1. The molecule has 0 spiro atoms. The predicted octanol–water partition coefficient (Wildman–Crippen LogP) is 6.33. The van der Waals surface area contributed by atoms with E-state index in [4.69, 9.17) is 34.8 Å². The van der Waals surface area contributed by atoms with E-state index >= 15 is 0 Å². The molecule has 220 valence electrons. The van der Waals surface area contributed by atoms with Crippen molar-refractivity contribution in [1.29, 1.82) is 0 Å². The molecule has 3 aromatic carbocycles. The largest absolute Gasteiger partial charge is 0.417 e. The Balaban J connectivity index is 2.14. The molecule has 0 aliphatic carbocycles. The van der Waals surface area contributed by atoms with E-state index in [1.807, 2.05) is 0 Å². The average molecular weight is 651 g/mol. The number of halogens is 6. The monoisotopic (exact) mass is 649 g/mol. The number of alkyl halides is 3. The van der Waals surface area contributed by atoms with Gasteiger partial charge in [-0.05, 0) is 61.9 Å². The van der Waals surface area contributed by atoms with Crippen molar-refractivity contribution in [3.63, 3.8) is 0 Å². The molecule has 0 aliphatic heterocycles. The molecule has 1 N–H and O–H groups in total. The lowest BCUT2D eigenvalue weighted by atomic mass is 10.1. The van der Waals surface area contributed by atoms with Gasteiger partial charge in [-0.3, -0.25) is 13.9 Å². The molecular formula is C27H25Cl3F3N3O4S. The highest BCUT2D eigenvalue weighted by atomic mass is 35.5. The summed E-state index contributed by atoms with van der Waals surface area (Å²) >= 11 is 18.0. The lowest BCUT2D eigenvalue weighted by molar-refractivity contribution is -0.139. The van der Waals surface area contributed by atoms with Gasteiger partial charge in [0.2, 0.25) is 11.8 Å². The van der Waals surface area contributed by atoms with Crippen LogP contribution in [0.5, 0.6) is 0 Å². The van der Waals surface area contributed by atoms with Crippen LogP contribution in [0.3, 0.4) is 0 Å². The van der Waals surface area contributed by atoms with E-state index < -0.39 is 56.9 Å². The Labute approximate surface area is 250 Å². The number of amides is 2. The van der Waals surface area contributed by atoms with Gasteiger partial charge in [0.25, 0.3) is 10.0 Å². The number of hydrogen-bond acceptors (Lipinski definition) is 4. The standard InChI is InChI=1S/C27H25Cl3F3N3O4S/c1-16-4-9-21(10-5-16)41(39,40)36(20-8-11-23(29)22(13-20)27(31,32)33)15-25(37)35(17(2)26(38)34-3)14-18-6-7-19(28)12-24(18)30/h4-13,17H,14-15H2,1-3H3,(H,34,38)/t17-/m1/s1. The number of benzene rings is 3. The first kappa shape index (κ1) is 32.5. The number of aryl methyl sites for hydroxylation is 1. The quantitative estimate of drug-likeness (QED) is 0.293. The zero-order valence-electron chi connectivity index (χ0n) is 22.0. The molecule has 2 amide bonds. The van der Waals surface area contributed by atoms with Crippen LogP contribution in [-0.4, -0.2) is 44.8 Å². The van der Waals surface area contributed by atoms with Gasteiger partial charge in [-0.1, -0.05) is 58.6 Å². The number of nitrogens with one attached hydrogen (secondary N) is 1. The summed E-state index contributed by atoms with van der Waals surface area (Å²) in [6.45, 7) is 1.98. The Bertz CT molecular complexity index is 1550. The van der Waals surface area contributed by atoms with Gasteiger partial charge in [0.1, 0.15) is 12.6 Å². The first-order valence-corrected chi connectivity index (χ1v) is 14.5. The maximum atomic E-state index is 13.8. The van der Waals surface area contributed by atoms with Gasteiger partial charge in [0, 0.05) is 23.6 Å². The third kappa shape index (κ3) is 7.65. The zero-order valence-corrected chi connectivity index (χ0v) is 25.1. The number of rotatable bonds is 9. The number of carbonyl (C=O) groups excluding carboxylic acids is 2. The van der Waals surface area contributed by atoms with E-state index in [1.165, 1.54) is 56.4 Å². The normalized spacial score (nSPS) is 12.5. The minimum absolute atomic E-state index is 0.191. The summed E-state index contributed by atoms with van der Waals surface area (Å²) in [7, 11) is -3.22. The van der Waals surface area contributed by atoms with Gasteiger partial charge in [-0.2, -0.15) is 13.2 Å². The highest BCUT2D eigenvalue weighted by molar-refractivity contribution is 7.92. The van der Waals surface area contributed by atoms with Gasteiger partial charge in [-0.15, -0.1) is 0 Å². The summed E-state index contributed by atoms with van der Waals surface area (Å²) < 4.78 is 69.2. The number of nitrogens with zero attached hydrogens (tertiary/aromatic N) is 2. The van der Waals surface area contributed by atoms with Gasteiger partial charge in [0.05, 0.1) is 21.2 Å². The van der Waals surface area contributed by atoms with E-state index in [2.05, 4.69) is 5.32 Å². The number of likely N-dealkylation sites (N-methyl/N-ethyl adjacent to an activating group) is 1. The number of sulfonamides is 1. The van der Waals surface area contributed by atoms with Gasteiger partial charge in [0.15, 0.2) is 0 Å². The van der Waals surface area contributed by atoms with E-state index in [1.54, 1.807) is 6.92 Å². The van der Waals surface area contributed by atoms with Crippen LogP contribution in [-0.2, 0) is 32.3 Å². The minimum Gasteiger partial charge on any atom is -0.357 e. The molecule has 0 heterocycles. The molecule has 0 aliphatic rings. The van der Waals surface area contributed by atoms with Crippen molar-refractivity contribution in [2.75, 3.05) is 17.9 Å². The molecule has 1 atom stereocenters. The van der Waals surface area contributed by atoms with Gasteiger partial charge < -0.3 is 10.2 Å². The molecule has 0 aromatic heterocycles. The van der Waals surface area contributed by atoms with Crippen LogP contribution in [0.4, 0.5) is 18.9 Å². The lowest BCUT2D eigenvalue weighted by Gasteiger charge is -2.32. The van der Waals surface area contributed by atoms with E-state index in [-0.39, 0.29) is 16.5 Å². The summed E-state index contributed by atoms with van der Waals surface area (Å²) in [5.74, 6) is -1.45. The Morgan fingerprint density at radius 2 is 1.59 bits per heavy atom. The van der Waals surface area contributed by atoms with Crippen molar-refractivity contribution in [1.82, 2.24) is 10.2 Å². The van der Waals surface area contributed by atoms with Crippen molar-refractivity contribution in [3.05, 3.63) is 92.4 Å². The van der Waals surface area contributed by atoms with Crippen molar-refractivity contribution < 1.29 is 31.2 Å². The van der Waals surface area contributed by atoms with Crippen LogP contribution in [0, 0.1) is 6.92 Å². The summed E-state index contributed by atoms with van der Waals surface area (Å²) in [5, 5.41) is 2.30. The Kier molecular flexibility index (Phi) is 10.2. The fourth-order valence-electron chi connectivity index (χ4n) is 3.88. The molecular weight excluding hydrogens is 626 g/mol. The third-order valence-electron chi connectivity index (χ3n) is 6.20. The van der Waals surface area contributed by atoms with Crippen molar-refractivity contribution in [2.45, 2.75) is 37.5 Å².